The van der Waals surface area contributed by atoms with E-state index in [1.165, 1.54) is 11.3 Å². The molecule has 29 heavy (non-hydrogen) atoms. The van der Waals surface area contributed by atoms with Gasteiger partial charge in [0.1, 0.15) is 16.5 Å². The van der Waals surface area contributed by atoms with Crippen molar-refractivity contribution in [2.24, 2.45) is 0 Å². The van der Waals surface area contributed by atoms with Crippen molar-refractivity contribution in [1.82, 2.24) is 15.3 Å². The van der Waals surface area contributed by atoms with Crippen LogP contribution in [0.15, 0.2) is 48.0 Å². The summed E-state index contributed by atoms with van der Waals surface area (Å²) in [7, 11) is 1.63. The zero-order valence-electron chi connectivity index (χ0n) is 17.1. The summed E-state index contributed by atoms with van der Waals surface area (Å²) in [6, 6.07) is 11.3. The van der Waals surface area contributed by atoms with E-state index in [4.69, 9.17) is 9.47 Å². The number of nitrogens with one attached hydrogen (secondary N) is 1. The van der Waals surface area contributed by atoms with Gasteiger partial charge in [-0.25, -0.2) is 4.98 Å². The van der Waals surface area contributed by atoms with Crippen LogP contribution in [-0.2, 0) is 16.8 Å². The minimum atomic E-state index is -0.201. The Morgan fingerprint density at radius 3 is 2.72 bits per heavy atom. The predicted octanol–water partition coefficient (Wildman–Crippen LogP) is 4.21. The average Bonchev–Trinajstić information content (AvgIpc) is 3.19. The third-order valence-electron chi connectivity index (χ3n) is 4.26. The van der Waals surface area contributed by atoms with E-state index in [1.54, 1.807) is 13.3 Å². The smallest absolute Gasteiger partial charge is 0.258 e. The van der Waals surface area contributed by atoms with Crippen LogP contribution in [0.1, 0.15) is 32.0 Å². The van der Waals surface area contributed by atoms with Crippen molar-refractivity contribution in [2.75, 3.05) is 13.7 Å². The molecule has 0 radical (unpaired) electrons. The number of pyridine rings is 1. The number of ether oxygens (including phenoxy) is 2. The van der Waals surface area contributed by atoms with Gasteiger partial charge in [-0.2, -0.15) is 0 Å². The molecule has 0 saturated heterocycles. The van der Waals surface area contributed by atoms with Crippen LogP contribution in [0.2, 0.25) is 0 Å². The standard InChI is InChI=1S/C22H25N3O3S/c1-22(2,3)17-11-16(27-4)8-9-19(17)28-13-20(26)24-12-15-14-29-21(25-15)18-7-5-6-10-23-18/h5-11,14H,12-13H2,1-4H3,(H,24,26). The molecule has 2 aromatic heterocycles. The van der Waals surface area contributed by atoms with Crippen LogP contribution in [0.25, 0.3) is 10.7 Å². The van der Waals surface area contributed by atoms with E-state index in [9.17, 15) is 4.79 Å². The Hall–Kier alpha value is -2.93. The molecule has 2 heterocycles. The number of carbonyl (C=O) groups excluding carboxylic acids is 1. The number of nitrogens with zero attached hydrogens (tertiary/aromatic N) is 2. The lowest BCUT2D eigenvalue weighted by Gasteiger charge is -2.23. The highest BCUT2D eigenvalue weighted by atomic mass is 32.1. The quantitative estimate of drug-likeness (QED) is 0.631. The first kappa shape index (κ1) is 20.8. The molecule has 0 aliphatic rings. The zero-order chi connectivity index (χ0) is 20.9. The Morgan fingerprint density at radius 2 is 2.03 bits per heavy atom. The molecule has 0 bridgehead atoms. The van der Waals surface area contributed by atoms with Gasteiger partial charge < -0.3 is 14.8 Å². The minimum absolute atomic E-state index is 0.0629. The van der Waals surface area contributed by atoms with Gasteiger partial charge in [-0.05, 0) is 35.7 Å². The molecule has 0 fully saturated rings. The van der Waals surface area contributed by atoms with Crippen LogP contribution in [0.5, 0.6) is 11.5 Å². The molecule has 6 nitrogen and oxygen atoms in total. The number of carbonyl (C=O) groups is 1. The summed E-state index contributed by atoms with van der Waals surface area (Å²) in [4.78, 5) is 21.1. The Morgan fingerprint density at radius 1 is 1.21 bits per heavy atom. The fourth-order valence-electron chi connectivity index (χ4n) is 2.73. The monoisotopic (exact) mass is 411 g/mol. The number of thiazole rings is 1. The highest BCUT2D eigenvalue weighted by Crippen LogP contribution is 2.34. The van der Waals surface area contributed by atoms with Gasteiger partial charge >= 0.3 is 0 Å². The normalized spacial score (nSPS) is 11.2. The highest BCUT2D eigenvalue weighted by Gasteiger charge is 2.20. The van der Waals surface area contributed by atoms with Crippen LogP contribution in [0, 0.1) is 0 Å². The lowest BCUT2D eigenvalue weighted by molar-refractivity contribution is -0.123. The topological polar surface area (TPSA) is 73.3 Å². The average molecular weight is 412 g/mol. The van der Waals surface area contributed by atoms with Crippen molar-refractivity contribution in [1.29, 1.82) is 0 Å². The lowest BCUT2D eigenvalue weighted by atomic mass is 9.86. The van der Waals surface area contributed by atoms with Gasteiger partial charge in [0.15, 0.2) is 6.61 Å². The molecule has 0 spiro atoms. The molecule has 0 unspecified atom stereocenters. The van der Waals surface area contributed by atoms with Crippen LogP contribution in [0.3, 0.4) is 0 Å². The van der Waals surface area contributed by atoms with Gasteiger partial charge in [0.2, 0.25) is 0 Å². The molecule has 1 N–H and O–H groups in total. The van der Waals surface area contributed by atoms with Gasteiger partial charge in [-0.3, -0.25) is 9.78 Å². The third kappa shape index (κ3) is 5.54. The van der Waals surface area contributed by atoms with E-state index in [0.717, 1.165) is 27.7 Å². The van der Waals surface area contributed by atoms with E-state index in [0.29, 0.717) is 12.3 Å². The predicted molar refractivity (Wildman–Crippen MR) is 114 cm³/mol. The molecule has 152 valence electrons. The Labute approximate surface area is 174 Å². The second kappa shape index (κ2) is 9.05. The fraction of sp³-hybridized carbons (Fsp3) is 0.318. The SMILES string of the molecule is COc1ccc(OCC(=O)NCc2csc(-c3ccccn3)n2)c(C(C)(C)C)c1. The van der Waals surface area contributed by atoms with Gasteiger partial charge in [0.25, 0.3) is 5.91 Å². The number of hydrogen-bond acceptors (Lipinski definition) is 6. The zero-order valence-corrected chi connectivity index (χ0v) is 17.9. The Bertz CT molecular complexity index is 965. The maximum Gasteiger partial charge on any atom is 0.258 e. The third-order valence-corrected chi connectivity index (χ3v) is 5.17. The second-order valence-electron chi connectivity index (χ2n) is 7.54. The first-order valence-electron chi connectivity index (χ1n) is 9.30. The fourth-order valence-corrected chi connectivity index (χ4v) is 3.52. The highest BCUT2D eigenvalue weighted by molar-refractivity contribution is 7.13. The van der Waals surface area contributed by atoms with Gasteiger partial charge in [0, 0.05) is 17.1 Å². The van der Waals surface area contributed by atoms with Gasteiger partial charge in [-0.1, -0.05) is 26.8 Å². The number of methoxy groups -OCH3 is 1. The van der Waals surface area contributed by atoms with Crippen molar-refractivity contribution < 1.29 is 14.3 Å². The number of rotatable bonds is 7. The maximum absolute atomic E-state index is 12.3. The number of hydrogen-bond donors (Lipinski definition) is 1. The van der Waals surface area contributed by atoms with Crippen LogP contribution in [0.4, 0.5) is 0 Å². The molecule has 3 rings (SSSR count). The molecule has 7 heteroatoms. The van der Waals surface area contributed by atoms with Crippen molar-refractivity contribution in [3.63, 3.8) is 0 Å². The molecule has 3 aromatic rings. The summed E-state index contributed by atoms with van der Waals surface area (Å²) in [5.41, 5.74) is 2.48. The van der Waals surface area contributed by atoms with Crippen molar-refractivity contribution in [3.05, 3.63) is 59.2 Å². The maximum atomic E-state index is 12.3. The van der Waals surface area contributed by atoms with Crippen LogP contribution in [-0.4, -0.2) is 29.6 Å². The van der Waals surface area contributed by atoms with Crippen LogP contribution < -0.4 is 14.8 Å². The Balaban J connectivity index is 1.56. The largest absolute Gasteiger partial charge is 0.497 e. The summed E-state index contributed by atoms with van der Waals surface area (Å²) in [5.74, 6) is 1.24. The van der Waals surface area contributed by atoms with E-state index < -0.39 is 0 Å². The lowest BCUT2D eigenvalue weighted by Crippen LogP contribution is -2.29. The van der Waals surface area contributed by atoms with E-state index in [1.807, 2.05) is 41.8 Å². The van der Waals surface area contributed by atoms with Crippen molar-refractivity contribution in [3.8, 4) is 22.2 Å². The molecule has 0 saturated carbocycles. The Kier molecular flexibility index (Phi) is 6.49. The summed E-state index contributed by atoms with van der Waals surface area (Å²) in [5, 5.41) is 5.61. The molecule has 0 atom stereocenters. The second-order valence-corrected chi connectivity index (χ2v) is 8.39. The summed E-state index contributed by atoms with van der Waals surface area (Å²) in [6.45, 7) is 6.56. The van der Waals surface area contributed by atoms with Gasteiger partial charge in [0.05, 0.1) is 25.0 Å². The molecule has 0 aliphatic carbocycles. The molecular formula is C22H25N3O3S. The van der Waals surface area contributed by atoms with Gasteiger partial charge in [-0.15, -0.1) is 11.3 Å². The molecular weight excluding hydrogens is 386 g/mol. The first-order valence-corrected chi connectivity index (χ1v) is 10.2. The first-order chi connectivity index (χ1) is 13.9. The minimum Gasteiger partial charge on any atom is -0.497 e. The molecule has 1 aromatic carbocycles. The summed E-state index contributed by atoms with van der Waals surface area (Å²) < 4.78 is 11.1. The van der Waals surface area contributed by atoms with Crippen molar-refractivity contribution >= 4 is 17.2 Å². The van der Waals surface area contributed by atoms with E-state index in [-0.39, 0.29) is 17.9 Å². The summed E-state index contributed by atoms with van der Waals surface area (Å²) >= 11 is 1.50. The van der Waals surface area contributed by atoms with E-state index >= 15 is 0 Å². The van der Waals surface area contributed by atoms with Crippen molar-refractivity contribution in [2.45, 2.75) is 32.7 Å². The number of amides is 1. The van der Waals surface area contributed by atoms with Crippen LogP contribution >= 0.6 is 11.3 Å². The summed E-state index contributed by atoms with van der Waals surface area (Å²) in [6.07, 6.45) is 1.74. The number of benzene rings is 1. The molecule has 0 aliphatic heterocycles. The molecule has 1 amide bonds. The number of aromatic nitrogens is 2. The van der Waals surface area contributed by atoms with E-state index in [2.05, 4.69) is 36.1 Å².